The van der Waals surface area contributed by atoms with E-state index >= 15 is 0 Å². The first-order chi connectivity index (χ1) is 3.93. The van der Waals surface area contributed by atoms with Crippen molar-refractivity contribution in [2.45, 2.75) is 25.9 Å². The van der Waals surface area contributed by atoms with Gasteiger partial charge in [-0.25, -0.2) is 0 Å². The molecule has 0 N–H and O–H groups in total. The summed E-state index contributed by atoms with van der Waals surface area (Å²) in [5.41, 5.74) is 0. The lowest BCUT2D eigenvalue weighted by Crippen LogP contribution is -2.07. The van der Waals surface area contributed by atoms with E-state index in [-0.39, 0.29) is 0 Å². The van der Waals surface area contributed by atoms with Crippen molar-refractivity contribution in [1.82, 2.24) is 0 Å². The molecule has 0 aromatic rings. The normalized spacial score (nSPS) is 28.9. The van der Waals surface area contributed by atoms with Crippen LogP contribution in [0.1, 0.15) is 19.8 Å². The highest BCUT2D eigenvalue weighted by Gasteiger charge is 2.14. The average molecular weight is 115 g/mol. The van der Waals surface area contributed by atoms with Crippen molar-refractivity contribution < 1.29 is 9.47 Å². The Bertz CT molecular complexity index is 57.5. The summed E-state index contributed by atoms with van der Waals surface area (Å²) >= 11 is 0. The lowest BCUT2D eigenvalue weighted by Gasteiger charge is -2.01. The summed E-state index contributed by atoms with van der Waals surface area (Å²) in [7, 11) is 0. The van der Waals surface area contributed by atoms with Gasteiger partial charge in [0.25, 0.3) is 0 Å². The van der Waals surface area contributed by atoms with E-state index in [1.165, 1.54) is 13.2 Å². The fraction of sp³-hybridized carbons (Fsp3) is 0.833. The van der Waals surface area contributed by atoms with Crippen LogP contribution in [0, 0.1) is 6.79 Å². The second-order valence-electron chi connectivity index (χ2n) is 1.98. The summed E-state index contributed by atoms with van der Waals surface area (Å²) in [6.07, 6.45) is 2.61. The molecule has 1 saturated heterocycles. The lowest BCUT2D eigenvalue weighted by atomic mass is 10.2. The maximum Gasteiger partial charge on any atom is 0.209 e. The van der Waals surface area contributed by atoms with E-state index in [0.29, 0.717) is 6.10 Å². The zero-order valence-electron chi connectivity index (χ0n) is 5.09. The zero-order valence-corrected chi connectivity index (χ0v) is 5.09. The quantitative estimate of drug-likeness (QED) is 0.540. The summed E-state index contributed by atoms with van der Waals surface area (Å²) in [6.45, 7) is 4.32. The fourth-order valence-corrected chi connectivity index (χ4v) is 0.777. The maximum atomic E-state index is 5.05. The molecule has 0 aliphatic carbocycles. The SMILES string of the molecule is CCCC1CO[CH]O1. The summed E-state index contributed by atoms with van der Waals surface area (Å²) in [5, 5.41) is 0. The van der Waals surface area contributed by atoms with Gasteiger partial charge in [-0.2, -0.15) is 0 Å². The highest BCUT2D eigenvalue weighted by Crippen LogP contribution is 2.11. The Labute approximate surface area is 49.8 Å². The van der Waals surface area contributed by atoms with E-state index in [1.807, 2.05) is 0 Å². The zero-order chi connectivity index (χ0) is 5.82. The minimum Gasteiger partial charge on any atom is -0.345 e. The molecular weight excluding hydrogens is 104 g/mol. The molecule has 8 heavy (non-hydrogen) atoms. The predicted octanol–water partition coefficient (Wildman–Crippen LogP) is 1.32. The molecule has 1 fully saturated rings. The van der Waals surface area contributed by atoms with E-state index in [0.717, 1.165) is 13.0 Å². The van der Waals surface area contributed by atoms with Crippen molar-refractivity contribution >= 4 is 0 Å². The molecule has 2 nitrogen and oxygen atoms in total. The molecule has 0 saturated carbocycles. The molecule has 1 rings (SSSR count). The van der Waals surface area contributed by atoms with Gasteiger partial charge in [0.05, 0.1) is 12.7 Å². The van der Waals surface area contributed by atoms with Crippen molar-refractivity contribution in [3.63, 3.8) is 0 Å². The Kier molecular flexibility index (Phi) is 2.30. The lowest BCUT2D eigenvalue weighted by molar-refractivity contribution is 0.123. The van der Waals surface area contributed by atoms with Crippen molar-refractivity contribution in [3.05, 3.63) is 6.79 Å². The summed E-state index contributed by atoms with van der Waals surface area (Å²) < 4.78 is 9.91. The molecule has 1 aliphatic rings. The van der Waals surface area contributed by atoms with Gasteiger partial charge in [-0.05, 0) is 6.42 Å². The Morgan fingerprint density at radius 1 is 1.75 bits per heavy atom. The largest absolute Gasteiger partial charge is 0.345 e. The van der Waals surface area contributed by atoms with Crippen LogP contribution in [0.25, 0.3) is 0 Å². The van der Waals surface area contributed by atoms with Gasteiger partial charge >= 0.3 is 0 Å². The van der Waals surface area contributed by atoms with Crippen molar-refractivity contribution in [2.24, 2.45) is 0 Å². The van der Waals surface area contributed by atoms with Crippen LogP contribution < -0.4 is 0 Å². The van der Waals surface area contributed by atoms with Crippen LogP contribution in [0.3, 0.4) is 0 Å². The highest BCUT2D eigenvalue weighted by molar-refractivity contribution is 4.61. The Morgan fingerprint density at radius 2 is 2.62 bits per heavy atom. The first kappa shape index (κ1) is 6.05. The molecule has 2 heteroatoms. The fourth-order valence-electron chi connectivity index (χ4n) is 0.777. The van der Waals surface area contributed by atoms with Crippen LogP contribution in [0.4, 0.5) is 0 Å². The topological polar surface area (TPSA) is 18.5 Å². The third kappa shape index (κ3) is 1.46. The molecule has 1 radical (unpaired) electrons. The molecule has 0 aromatic heterocycles. The van der Waals surface area contributed by atoms with Crippen molar-refractivity contribution in [1.29, 1.82) is 0 Å². The van der Waals surface area contributed by atoms with Crippen molar-refractivity contribution in [3.8, 4) is 0 Å². The smallest absolute Gasteiger partial charge is 0.209 e. The molecule has 0 spiro atoms. The molecule has 47 valence electrons. The summed E-state index contributed by atoms with van der Waals surface area (Å²) in [6, 6.07) is 0. The van der Waals surface area contributed by atoms with E-state index in [1.54, 1.807) is 0 Å². The average Bonchev–Trinajstić information content (AvgIpc) is 2.19. The Morgan fingerprint density at radius 3 is 3.12 bits per heavy atom. The van der Waals surface area contributed by atoms with Gasteiger partial charge in [0.15, 0.2) is 0 Å². The molecule has 0 amide bonds. The summed E-state index contributed by atoms with van der Waals surface area (Å²) in [5.74, 6) is 0. The number of hydrogen-bond acceptors (Lipinski definition) is 2. The first-order valence-electron chi connectivity index (χ1n) is 3.02. The third-order valence-electron chi connectivity index (χ3n) is 1.21. The Hall–Kier alpha value is -0.0800. The summed E-state index contributed by atoms with van der Waals surface area (Å²) in [4.78, 5) is 0. The van der Waals surface area contributed by atoms with Gasteiger partial charge in [-0.15, -0.1) is 0 Å². The second-order valence-corrected chi connectivity index (χ2v) is 1.98. The monoisotopic (exact) mass is 115 g/mol. The van der Waals surface area contributed by atoms with Gasteiger partial charge in [-0.3, -0.25) is 0 Å². The second kappa shape index (κ2) is 3.05. The number of hydrogen-bond donors (Lipinski definition) is 0. The molecular formula is C6H11O2. The highest BCUT2D eigenvalue weighted by atomic mass is 16.7. The molecule has 1 heterocycles. The van der Waals surface area contributed by atoms with Gasteiger partial charge in [0, 0.05) is 0 Å². The van der Waals surface area contributed by atoms with Crippen LogP contribution in [0.15, 0.2) is 0 Å². The van der Waals surface area contributed by atoms with Crippen LogP contribution in [-0.4, -0.2) is 12.7 Å². The van der Waals surface area contributed by atoms with Crippen LogP contribution >= 0.6 is 0 Å². The molecule has 1 atom stereocenters. The number of rotatable bonds is 2. The molecule has 0 aromatic carbocycles. The first-order valence-corrected chi connectivity index (χ1v) is 3.02. The maximum absolute atomic E-state index is 5.05. The molecule has 1 unspecified atom stereocenters. The standard InChI is InChI=1S/C6H11O2/c1-2-3-6-4-7-5-8-6/h5-6H,2-4H2,1H3. The number of ether oxygens (including phenoxy) is 2. The minimum absolute atomic E-state index is 0.333. The van der Waals surface area contributed by atoms with Gasteiger partial charge < -0.3 is 9.47 Å². The van der Waals surface area contributed by atoms with Crippen LogP contribution in [0.2, 0.25) is 0 Å². The van der Waals surface area contributed by atoms with E-state index in [2.05, 4.69) is 6.92 Å². The predicted molar refractivity (Wildman–Crippen MR) is 30.0 cm³/mol. The van der Waals surface area contributed by atoms with E-state index in [4.69, 9.17) is 9.47 Å². The minimum atomic E-state index is 0.333. The molecule has 1 aliphatic heterocycles. The Balaban J connectivity index is 2.06. The van der Waals surface area contributed by atoms with E-state index in [9.17, 15) is 0 Å². The van der Waals surface area contributed by atoms with Crippen molar-refractivity contribution in [2.75, 3.05) is 6.61 Å². The third-order valence-corrected chi connectivity index (χ3v) is 1.21. The molecule has 0 bridgehead atoms. The van der Waals surface area contributed by atoms with Gasteiger partial charge in [0.1, 0.15) is 0 Å². The van der Waals surface area contributed by atoms with Crippen LogP contribution in [-0.2, 0) is 9.47 Å². The van der Waals surface area contributed by atoms with E-state index < -0.39 is 0 Å². The van der Waals surface area contributed by atoms with Crippen LogP contribution in [0.5, 0.6) is 0 Å². The van der Waals surface area contributed by atoms with Gasteiger partial charge in [-0.1, -0.05) is 13.3 Å². The van der Waals surface area contributed by atoms with Gasteiger partial charge in [0.2, 0.25) is 6.79 Å².